The average Bonchev–Trinajstić information content (AvgIpc) is 2.48. The van der Waals surface area contributed by atoms with E-state index in [-0.39, 0.29) is 5.97 Å². The summed E-state index contributed by atoms with van der Waals surface area (Å²) in [6.07, 6.45) is 5.49. The molecule has 104 valence electrons. The number of esters is 1. The Labute approximate surface area is 114 Å². The molecule has 0 unspecified atom stereocenters. The van der Waals surface area contributed by atoms with Crippen molar-refractivity contribution in [2.45, 2.75) is 45.1 Å². The maximum atomic E-state index is 11.5. The number of aliphatic hydroxyl groups excluding tert-OH is 1. The highest BCUT2D eigenvalue weighted by Gasteiger charge is 2.23. The first-order valence-electron chi connectivity index (χ1n) is 7.17. The largest absolute Gasteiger partial charge is 0.462 e. The van der Waals surface area contributed by atoms with E-state index < -0.39 is 6.10 Å². The Morgan fingerprint density at radius 2 is 1.89 bits per heavy atom. The Morgan fingerprint density at radius 1 is 1.26 bits per heavy atom. The van der Waals surface area contributed by atoms with E-state index in [0.29, 0.717) is 18.1 Å². The summed E-state index contributed by atoms with van der Waals surface area (Å²) in [5.41, 5.74) is 1.45. The fraction of sp³-hybridized carbons (Fsp3) is 0.562. The van der Waals surface area contributed by atoms with Crippen molar-refractivity contribution in [1.29, 1.82) is 0 Å². The first-order valence-corrected chi connectivity index (χ1v) is 7.17. The normalized spacial score (nSPS) is 18.0. The zero-order valence-corrected chi connectivity index (χ0v) is 11.5. The molecule has 1 fully saturated rings. The Kier molecular flexibility index (Phi) is 4.97. The van der Waals surface area contributed by atoms with E-state index in [4.69, 9.17) is 4.74 Å². The molecule has 0 bridgehead atoms. The predicted molar refractivity (Wildman–Crippen MR) is 73.9 cm³/mol. The first-order chi connectivity index (χ1) is 9.22. The Balaban J connectivity index is 2.02. The van der Waals surface area contributed by atoms with E-state index in [9.17, 15) is 9.90 Å². The van der Waals surface area contributed by atoms with Crippen LogP contribution in [0, 0.1) is 5.92 Å². The molecule has 0 spiro atoms. The van der Waals surface area contributed by atoms with Crippen LogP contribution < -0.4 is 0 Å². The summed E-state index contributed by atoms with van der Waals surface area (Å²) >= 11 is 0. The van der Waals surface area contributed by atoms with Gasteiger partial charge in [0.2, 0.25) is 0 Å². The van der Waals surface area contributed by atoms with Gasteiger partial charge in [0.25, 0.3) is 0 Å². The molecule has 1 aliphatic carbocycles. The third-order valence-electron chi connectivity index (χ3n) is 3.86. The molecule has 2 rings (SSSR count). The summed E-state index contributed by atoms with van der Waals surface area (Å²) in [5.74, 6) is 0.0587. The Hall–Kier alpha value is -1.35. The molecule has 3 heteroatoms. The van der Waals surface area contributed by atoms with Crippen molar-refractivity contribution in [3.8, 4) is 0 Å². The van der Waals surface area contributed by atoms with Crippen molar-refractivity contribution in [2.24, 2.45) is 5.92 Å². The van der Waals surface area contributed by atoms with Crippen LogP contribution in [0.15, 0.2) is 24.3 Å². The highest BCUT2D eigenvalue weighted by molar-refractivity contribution is 5.89. The van der Waals surface area contributed by atoms with Crippen LogP contribution in [0.25, 0.3) is 0 Å². The molecule has 0 aromatic heterocycles. The summed E-state index contributed by atoms with van der Waals surface area (Å²) in [6.45, 7) is 2.17. The number of ether oxygens (including phenoxy) is 1. The van der Waals surface area contributed by atoms with Gasteiger partial charge in [-0.2, -0.15) is 0 Å². The van der Waals surface area contributed by atoms with Gasteiger partial charge >= 0.3 is 5.97 Å². The van der Waals surface area contributed by atoms with Gasteiger partial charge in [-0.15, -0.1) is 0 Å². The Bertz CT molecular complexity index is 405. The predicted octanol–water partition coefficient (Wildman–Crippen LogP) is 3.48. The van der Waals surface area contributed by atoms with Crippen molar-refractivity contribution in [3.05, 3.63) is 35.4 Å². The number of aliphatic hydroxyl groups is 1. The van der Waals surface area contributed by atoms with E-state index in [0.717, 1.165) is 18.4 Å². The summed E-state index contributed by atoms with van der Waals surface area (Å²) in [7, 11) is 0. The lowest BCUT2D eigenvalue weighted by molar-refractivity contribution is 0.0525. The molecule has 19 heavy (non-hydrogen) atoms. The fourth-order valence-corrected chi connectivity index (χ4v) is 2.75. The van der Waals surface area contributed by atoms with Gasteiger partial charge in [-0.3, -0.25) is 0 Å². The summed E-state index contributed by atoms with van der Waals surface area (Å²) < 4.78 is 4.94. The van der Waals surface area contributed by atoms with E-state index in [1.165, 1.54) is 19.3 Å². The van der Waals surface area contributed by atoms with Gasteiger partial charge in [0.15, 0.2) is 0 Å². The lowest BCUT2D eigenvalue weighted by Gasteiger charge is -2.26. The topological polar surface area (TPSA) is 46.5 Å². The molecule has 1 aromatic carbocycles. The molecule has 3 nitrogen and oxygen atoms in total. The standard InChI is InChI=1S/C16H22O3/c1-2-19-16(18)14-10-8-13(9-11-14)15(17)12-6-4-3-5-7-12/h8-12,15,17H,2-7H2,1H3/t15-/m1/s1. The highest BCUT2D eigenvalue weighted by atomic mass is 16.5. The van der Waals surface area contributed by atoms with Gasteiger partial charge in [0.05, 0.1) is 18.3 Å². The van der Waals surface area contributed by atoms with Crippen molar-refractivity contribution in [2.75, 3.05) is 6.61 Å². The monoisotopic (exact) mass is 262 g/mol. The van der Waals surface area contributed by atoms with Crippen LogP contribution in [0.1, 0.15) is 61.1 Å². The number of rotatable bonds is 4. The number of carbonyl (C=O) groups excluding carboxylic acids is 1. The van der Waals surface area contributed by atoms with Crippen LogP contribution in [-0.4, -0.2) is 17.7 Å². The van der Waals surface area contributed by atoms with Crippen LogP contribution >= 0.6 is 0 Å². The minimum atomic E-state index is -0.406. The quantitative estimate of drug-likeness (QED) is 0.845. The second kappa shape index (κ2) is 6.71. The minimum Gasteiger partial charge on any atom is -0.462 e. The third kappa shape index (κ3) is 3.57. The van der Waals surface area contributed by atoms with E-state index in [1.54, 1.807) is 19.1 Å². The molecule has 1 aromatic rings. The van der Waals surface area contributed by atoms with Crippen molar-refractivity contribution < 1.29 is 14.6 Å². The summed E-state index contributed by atoms with van der Waals surface area (Å²) in [5, 5.41) is 10.4. The smallest absolute Gasteiger partial charge is 0.338 e. The number of benzene rings is 1. The molecule has 0 heterocycles. The van der Waals surface area contributed by atoms with E-state index >= 15 is 0 Å². The highest BCUT2D eigenvalue weighted by Crippen LogP contribution is 2.34. The molecule has 1 saturated carbocycles. The molecule has 0 saturated heterocycles. The molecule has 0 amide bonds. The zero-order valence-electron chi connectivity index (χ0n) is 11.5. The fourth-order valence-electron chi connectivity index (χ4n) is 2.75. The van der Waals surface area contributed by atoms with Crippen LogP contribution in [0.2, 0.25) is 0 Å². The van der Waals surface area contributed by atoms with E-state index in [1.807, 2.05) is 12.1 Å². The molecule has 1 N–H and O–H groups in total. The molecule has 1 aliphatic rings. The van der Waals surface area contributed by atoms with Gasteiger partial charge in [-0.1, -0.05) is 31.4 Å². The van der Waals surface area contributed by atoms with E-state index in [2.05, 4.69) is 0 Å². The lowest BCUT2D eigenvalue weighted by Crippen LogP contribution is -2.16. The van der Waals surface area contributed by atoms with Gasteiger partial charge in [0.1, 0.15) is 0 Å². The molecule has 0 radical (unpaired) electrons. The summed E-state index contributed by atoms with van der Waals surface area (Å²) in [6, 6.07) is 7.15. The SMILES string of the molecule is CCOC(=O)c1ccc([C@H](O)C2CCCCC2)cc1. The number of carbonyl (C=O) groups is 1. The maximum Gasteiger partial charge on any atom is 0.338 e. The number of hydrogen-bond acceptors (Lipinski definition) is 3. The number of hydrogen-bond donors (Lipinski definition) is 1. The van der Waals surface area contributed by atoms with Gasteiger partial charge in [0, 0.05) is 0 Å². The second-order valence-corrected chi connectivity index (χ2v) is 5.19. The first kappa shape index (κ1) is 14.1. The molecule has 0 aliphatic heterocycles. The Morgan fingerprint density at radius 3 is 2.47 bits per heavy atom. The van der Waals surface area contributed by atoms with Crippen LogP contribution in [0.5, 0.6) is 0 Å². The van der Waals surface area contributed by atoms with Crippen molar-refractivity contribution in [3.63, 3.8) is 0 Å². The van der Waals surface area contributed by atoms with Crippen molar-refractivity contribution in [1.82, 2.24) is 0 Å². The molecule has 1 atom stereocenters. The summed E-state index contributed by atoms with van der Waals surface area (Å²) in [4.78, 5) is 11.5. The molecular weight excluding hydrogens is 240 g/mol. The zero-order chi connectivity index (χ0) is 13.7. The lowest BCUT2D eigenvalue weighted by atomic mass is 9.82. The van der Waals surface area contributed by atoms with Gasteiger partial charge in [-0.05, 0) is 43.4 Å². The van der Waals surface area contributed by atoms with Crippen LogP contribution in [-0.2, 0) is 4.74 Å². The third-order valence-corrected chi connectivity index (χ3v) is 3.86. The second-order valence-electron chi connectivity index (χ2n) is 5.19. The van der Waals surface area contributed by atoms with Crippen molar-refractivity contribution >= 4 is 5.97 Å². The average molecular weight is 262 g/mol. The van der Waals surface area contributed by atoms with Crippen LogP contribution in [0.3, 0.4) is 0 Å². The maximum absolute atomic E-state index is 11.5. The van der Waals surface area contributed by atoms with Gasteiger partial charge < -0.3 is 9.84 Å². The van der Waals surface area contributed by atoms with Gasteiger partial charge in [-0.25, -0.2) is 4.79 Å². The molecular formula is C16H22O3. The van der Waals surface area contributed by atoms with Crippen LogP contribution in [0.4, 0.5) is 0 Å². The minimum absolute atomic E-state index is 0.304.